The summed E-state index contributed by atoms with van der Waals surface area (Å²) in [6.07, 6.45) is -0.835. The van der Waals surface area contributed by atoms with Crippen LogP contribution in [0.5, 0.6) is 5.75 Å². The van der Waals surface area contributed by atoms with Crippen molar-refractivity contribution in [1.82, 2.24) is 4.57 Å². The first-order valence-corrected chi connectivity index (χ1v) is 12.2. The third-order valence-electron chi connectivity index (χ3n) is 5.68. The van der Waals surface area contributed by atoms with Crippen LogP contribution in [0.2, 0.25) is 0 Å². The number of hydrogen-bond donors (Lipinski definition) is 0. The first kappa shape index (κ1) is 24.1. The van der Waals surface area contributed by atoms with Gasteiger partial charge in [0.1, 0.15) is 12.4 Å². The highest BCUT2D eigenvalue weighted by Crippen LogP contribution is 2.39. The third kappa shape index (κ3) is 4.89. The van der Waals surface area contributed by atoms with E-state index in [1.165, 1.54) is 12.1 Å². The predicted molar refractivity (Wildman–Crippen MR) is 141 cm³/mol. The zero-order valence-electron chi connectivity index (χ0n) is 18.7. The number of aromatic nitrogens is 1. The van der Waals surface area contributed by atoms with E-state index in [-0.39, 0.29) is 10.0 Å². The molecule has 1 amide bonds. The molecule has 3 aromatic carbocycles. The summed E-state index contributed by atoms with van der Waals surface area (Å²) in [7, 11) is 0. The number of carbonyl (C=O) groups excluding carboxylic acids is 1. The summed E-state index contributed by atoms with van der Waals surface area (Å²) in [6.45, 7) is 1.05. The van der Waals surface area contributed by atoms with Gasteiger partial charge >= 0.3 is 6.18 Å². The molecule has 0 N–H and O–H groups in total. The molecule has 1 saturated heterocycles. The molecule has 0 unspecified atom stereocenters. The van der Waals surface area contributed by atoms with E-state index in [0.29, 0.717) is 18.1 Å². The molecule has 1 aliphatic heterocycles. The van der Waals surface area contributed by atoms with Gasteiger partial charge in [-0.05, 0) is 42.5 Å². The first-order chi connectivity index (χ1) is 17.3. The summed E-state index contributed by atoms with van der Waals surface area (Å²) in [5.41, 5.74) is 1.05. The van der Waals surface area contributed by atoms with Crippen molar-refractivity contribution < 1.29 is 22.7 Å². The lowest BCUT2D eigenvalue weighted by atomic mass is 10.1. The molecule has 0 bridgehead atoms. The Morgan fingerprint density at radius 3 is 2.50 bits per heavy atom. The minimum Gasteiger partial charge on any atom is -0.492 e. The van der Waals surface area contributed by atoms with Gasteiger partial charge in [-0.1, -0.05) is 66.4 Å². The zero-order valence-corrected chi connectivity index (χ0v) is 20.4. The number of nitrogens with zero attached hydrogens (tertiary/aromatic N) is 2. The smallest absolute Gasteiger partial charge is 0.416 e. The number of para-hydroxylation sites is 2. The standard InChI is InChI=1S/C27H19F3N2O2S2/c28-27(29,30)19-7-6-8-20(16-19)32-25(33)24(36-26(32)35)15-18-17-31(23-12-5-4-11-22(18)23)13-14-34-21-9-2-1-3-10-21/h1-12,15-17H,13-14H2/b24-15+. The Balaban J connectivity index is 1.41. The number of halogens is 3. The number of thioether (sulfide) groups is 1. The molecule has 2 heterocycles. The van der Waals surface area contributed by atoms with Gasteiger partial charge in [-0.2, -0.15) is 13.2 Å². The topological polar surface area (TPSA) is 34.5 Å². The molecule has 0 radical (unpaired) electrons. The Morgan fingerprint density at radius 2 is 1.72 bits per heavy atom. The van der Waals surface area contributed by atoms with Crippen LogP contribution in [0.25, 0.3) is 17.0 Å². The Kier molecular flexibility index (Phi) is 6.59. The number of fused-ring (bicyclic) bond motifs is 1. The molecule has 4 nitrogen and oxygen atoms in total. The second-order valence-corrected chi connectivity index (χ2v) is 9.70. The van der Waals surface area contributed by atoms with E-state index < -0.39 is 17.6 Å². The van der Waals surface area contributed by atoms with Crippen LogP contribution in [0.3, 0.4) is 0 Å². The highest BCUT2D eigenvalue weighted by molar-refractivity contribution is 8.27. The fourth-order valence-corrected chi connectivity index (χ4v) is 5.30. The Hall–Kier alpha value is -3.56. The molecule has 182 valence electrons. The van der Waals surface area contributed by atoms with E-state index in [2.05, 4.69) is 4.57 Å². The van der Waals surface area contributed by atoms with E-state index in [9.17, 15) is 18.0 Å². The van der Waals surface area contributed by atoms with Crippen LogP contribution >= 0.6 is 24.0 Å². The van der Waals surface area contributed by atoms with Gasteiger partial charge in [-0.25, -0.2) is 0 Å². The summed E-state index contributed by atoms with van der Waals surface area (Å²) in [4.78, 5) is 14.7. The number of hydrogen-bond acceptors (Lipinski definition) is 4. The van der Waals surface area contributed by atoms with Crippen molar-refractivity contribution in [2.24, 2.45) is 0 Å². The van der Waals surface area contributed by atoms with E-state index in [1.807, 2.05) is 60.8 Å². The molecule has 1 aromatic heterocycles. The average molecular weight is 525 g/mol. The lowest BCUT2D eigenvalue weighted by Crippen LogP contribution is -2.27. The van der Waals surface area contributed by atoms with Gasteiger partial charge in [0.15, 0.2) is 4.32 Å². The number of carbonyl (C=O) groups is 1. The quantitative estimate of drug-likeness (QED) is 0.198. The van der Waals surface area contributed by atoms with Crippen LogP contribution in [0.1, 0.15) is 11.1 Å². The van der Waals surface area contributed by atoms with Crippen molar-refractivity contribution in [3.63, 3.8) is 0 Å². The highest BCUT2D eigenvalue weighted by atomic mass is 32.2. The lowest BCUT2D eigenvalue weighted by Gasteiger charge is -2.16. The lowest BCUT2D eigenvalue weighted by molar-refractivity contribution is -0.137. The van der Waals surface area contributed by atoms with E-state index in [0.717, 1.165) is 51.0 Å². The number of anilines is 1. The summed E-state index contributed by atoms with van der Waals surface area (Å²) in [6, 6.07) is 22.0. The molecular weight excluding hydrogens is 505 g/mol. The van der Waals surface area contributed by atoms with Crippen molar-refractivity contribution in [3.05, 3.63) is 101 Å². The van der Waals surface area contributed by atoms with Gasteiger partial charge in [-0.15, -0.1) is 0 Å². The van der Waals surface area contributed by atoms with Gasteiger partial charge in [-0.3, -0.25) is 9.69 Å². The second kappa shape index (κ2) is 9.83. The van der Waals surface area contributed by atoms with E-state index >= 15 is 0 Å². The van der Waals surface area contributed by atoms with E-state index in [4.69, 9.17) is 17.0 Å². The van der Waals surface area contributed by atoms with Crippen LogP contribution in [-0.4, -0.2) is 21.4 Å². The SMILES string of the molecule is O=C1/C(=C\c2cn(CCOc3ccccc3)c3ccccc23)SC(=S)N1c1cccc(C(F)(F)F)c1. The van der Waals surface area contributed by atoms with Crippen molar-refractivity contribution in [1.29, 1.82) is 0 Å². The summed E-state index contributed by atoms with van der Waals surface area (Å²) in [5.74, 6) is 0.334. The zero-order chi connectivity index (χ0) is 25.3. The van der Waals surface area contributed by atoms with Gasteiger partial charge in [0.2, 0.25) is 0 Å². The molecule has 0 atom stereocenters. The van der Waals surface area contributed by atoms with Gasteiger partial charge in [0.25, 0.3) is 5.91 Å². The number of thiocarbonyl (C=S) groups is 1. The molecule has 9 heteroatoms. The molecule has 1 aliphatic rings. The molecule has 4 aromatic rings. The number of amides is 1. The van der Waals surface area contributed by atoms with Crippen molar-refractivity contribution in [3.8, 4) is 5.75 Å². The first-order valence-electron chi connectivity index (χ1n) is 11.0. The number of ether oxygens (including phenoxy) is 1. The second-order valence-electron chi connectivity index (χ2n) is 8.02. The monoisotopic (exact) mass is 524 g/mol. The number of alkyl halides is 3. The van der Waals surface area contributed by atoms with Crippen LogP contribution < -0.4 is 9.64 Å². The molecule has 0 spiro atoms. The Morgan fingerprint density at radius 1 is 0.972 bits per heavy atom. The average Bonchev–Trinajstić information content (AvgIpc) is 3.35. The fourth-order valence-electron chi connectivity index (χ4n) is 4.01. The molecule has 1 fully saturated rings. The molecule has 36 heavy (non-hydrogen) atoms. The highest BCUT2D eigenvalue weighted by Gasteiger charge is 2.36. The predicted octanol–water partition coefficient (Wildman–Crippen LogP) is 7.14. The largest absolute Gasteiger partial charge is 0.492 e. The maximum absolute atomic E-state index is 13.2. The van der Waals surface area contributed by atoms with Gasteiger partial charge < -0.3 is 9.30 Å². The number of rotatable bonds is 6. The summed E-state index contributed by atoms with van der Waals surface area (Å²) >= 11 is 6.43. The van der Waals surface area contributed by atoms with Gasteiger partial charge in [0.05, 0.1) is 22.7 Å². The third-order valence-corrected chi connectivity index (χ3v) is 6.98. The minimum absolute atomic E-state index is 0.0937. The minimum atomic E-state index is -4.52. The normalized spacial score (nSPS) is 15.3. The molecular formula is C27H19F3N2O2S2. The maximum Gasteiger partial charge on any atom is 0.416 e. The summed E-state index contributed by atoms with van der Waals surface area (Å²) < 4.78 is 47.6. The van der Waals surface area contributed by atoms with Gasteiger partial charge in [0, 0.05) is 22.7 Å². The summed E-state index contributed by atoms with van der Waals surface area (Å²) in [5, 5.41) is 0.946. The Labute approximate surface area is 215 Å². The molecule has 0 saturated carbocycles. The Bertz CT molecular complexity index is 1480. The molecule has 5 rings (SSSR count). The fraction of sp³-hybridized carbons (Fsp3) is 0.111. The van der Waals surface area contributed by atoms with Crippen LogP contribution in [0.4, 0.5) is 18.9 Å². The molecule has 0 aliphatic carbocycles. The van der Waals surface area contributed by atoms with Crippen LogP contribution in [0.15, 0.2) is 90.0 Å². The number of benzene rings is 3. The van der Waals surface area contributed by atoms with Crippen LogP contribution in [0, 0.1) is 0 Å². The van der Waals surface area contributed by atoms with Crippen molar-refractivity contribution in [2.75, 3.05) is 11.5 Å². The van der Waals surface area contributed by atoms with Crippen molar-refractivity contribution in [2.45, 2.75) is 12.7 Å². The van der Waals surface area contributed by atoms with Crippen molar-refractivity contribution >= 4 is 56.9 Å². The van der Waals surface area contributed by atoms with Crippen LogP contribution in [-0.2, 0) is 17.5 Å². The maximum atomic E-state index is 13.2. The van der Waals surface area contributed by atoms with E-state index in [1.54, 1.807) is 6.08 Å².